The van der Waals surface area contributed by atoms with Crippen molar-refractivity contribution in [2.45, 2.75) is 13.0 Å². The van der Waals surface area contributed by atoms with E-state index in [-0.39, 0.29) is 30.4 Å². The lowest BCUT2D eigenvalue weighted by Gasteiger charge is -2.20. The maximum atomic E-state index is 12.9. The number of rotatable bonds is 3. The van der Waals surface area contributed by atoms with Gasteiger partial charge in [-0.15, -0.1) is 11.6 Å². The Morgan fingerprint density at radius 1 is 1.32 bits per heavy atom. The number of nitrogens with two attached hydrogens (primary N) is 1. The fourth-order valence-corrected chi connectivity index (χ4v) is 2.92. The lowest BCUT2D eigenvalue weighted by atomic mass is 10.2. The Balaban J connectivity index is 0.00000109. The van der Waals surface area contributed by atoms with Crippen LogP contribution in [-0.2, 0) is 6.54 Å². The monoisotopic (exact) mass is 410 g/mol. The van der Waals surface area contributed by atoms with Gasteiger partial charge in [0.15, 0.2) is 0 Å². The highest BCUT2D eigenvalue weighted by atomic mass is 35.5. The molecule has 1 amide bonds. The standard InChI is InChI=1S/C16H14F2N6O2.CH3Cl/c17-11(18)7-23-2-1-9-5-10(6-20-14(9)23)24-3-4-26-15-12(16(24)25)13(19)21-8-22-15;1-2/h1-2,5-6,8,11H,3-4,7H2,(H2,19,21,22);1H3. The molecule has 0 fully saturated rings. The van der Waals surface area contributed by atoms with E-state index in [1.54, 1.807) is 18.3 Å². The number of aromatic nitrogens is 4. The number of hydrogen-bond acceptors (Lipinski definition) is 6. The van der Waals surface area contributed by atoms with Gasteiger partial charge in [0.1, 0.15) is 30.0 Å². The molecule has 0 saturated heterocycles. The van der Waals surface area contributed by atoms with E-state index in [4.69, 9.17) is 10.5 Å². The smallest absolute Gasteiger partial charge is 0.267 e. The van der Waals surface area contributed by atoms with E-state index in [1.807, 2.05) is 0 Å². The third kappa shape index (κ3) is 3.68. The number of hydrogen-bond donors (Lipinski definition) is 1. The van der Waals surface area contributed by atoms with Crippen LogP contribution in [-0.4, -0.2) is 51.4 Å². The number of nitrogens with zero attached hydrogens (tertiary/aromatic N) is 5. The molecule has 28 heavy (non-hydrogen) atoms. The van der Waals surface area contributed by atoms with Crippen molar-refractivity contribution in [3.8, 4) is 5.88 Å². The SMILES string of the molecule is CCl.Nc1ncnc2c1C(=O)N(c1cnc3c(ccn3CC(F)F)c1)CCO2. The van der Waals surface area contributed by atoms with Crippen LogP contribution in [0.2, 0.25) is 0 Å². The average Bonchev–Trinajstić information content (AvgIpc) is 2.98. The minimum atomic E-state index is -2.48. The zero-order valence-corrected chi connectivity index (χ0v) is 15.6. The zero-order chi connectivity index (χ0) is 20.3. The van der Waals surface area contributed by atoms with E-state index in [0.717, 1.165) is 0 Å². The van der Waals surface area contributed by atoms with Crippen molar-refractivity contribution >= 4 is 40.0 Å². The van der Waals surface area contributed by atoms with Crippen LogP contribution in [0.1, 0.15) is 10.4 Å². The van der Waals surface area contributed by atoms with Crippen molar-refractivity contribution < 1.29 is 18.3 Å². The highest BCUT2D eigenvalue weighted by molar-refractivity contribution is 6.15. The Morgan fingerprint density at radius 2 is 2.11 bits per heavy atom. The Kier molecular flexibility index (Phi) is 5.88. The molecule has 11 heteroatoms. The van der Waals surface area contributed by atoms with Crippen LogP contribution in [0.4, 0.5) is 20.3 Å². The summed E-state index contributed by atoms with van der Waals surface area (Å²) in [6.07, 6.45) is 3.24. The number of anilines is 2. The molecule has 8 nitrogen and oxygen atoms in total. The molecule has 0 aliphatic carbocycles. The Morgan fingerprint density at radius 3 is 2.86 bits per heavy atom. The first kappa shape index (κ1) is 19.7. The van der Waals surface area contributed by atoms with Gasteiger partial charge in [0.2, 0.25) is 5.88 Å². The minimum absolute atomic E-state index is 0.0315. The molecular formula is C17H17ClF2N6O2. The number of amides is 1. The molecule has 0 saturated carbocycles. The van der Waals surface area contributed by atoms with Crippen LogP contribution in [0.3, 0.4) is 0 Å². The largest absolute Gasteiger partial charge is 0.475 e. The molecule has 0 unspecified atom stereocenters. The van der Waals surface area contributed by atoms with Crippen LogP contribution >= 0.6 is 11.6 Å². The summed E-state index contributed by atoms with van der Waals surface area (Å²) in [6, 6.07) is 3.39. The molecule has 3 aromatic rings. The predicted molar refractivity (Wildman–Crippen MR) is 101 cm³/mol. The summed E-state index contributed by atoms with van der Waals surface area (Å²) in [6.45, 7) is 0.0484. The molecule has 1 aliphatic rings. The molecular weight excluding hydrogens is 394 g/mol. The molecule has 1 aliphatic heterocycles. The first-order valence-corrected chi connectivity index (χ1v) is 8.96. The third-order valence-corrected chi connectivity index (χ3v) is 4.09. The number of pyridine rings is 1. The first-order valence-electron chi connectivity index (χ1n) is 8.20. The van der Waals surface area contributed by atoms with E-state index in [0.29, 0.717) is 16.7 Å². The van der Waals surface area contributed by atoms with E-state index in [9.17, 15) is 13.6 Å². The molecule has 0 atom stereocenters. The molecule has 3 aromatic heterocycles. The van der Waals surface area contributed by atoms with Gasteiger partial charge in [0.05, 0.1) is 25.0 Å². The van der Waals surface area contributed by atoms with Gasteiger partial charge in [-0.1, -0.05) is 0 Å². The van der Waals surface area contributed by atoms with Crippen molar-refractivity contribution in [1.29, 1.82) is 0 Å². The predicted octanol–water partition coefficient (Wildman–Crippen LogP) is 2.57. The Bertz CT molecular complexity index is 997. The van der Waals surface area contributed by atoms with Gasteiger partial charge in [-0.3, -0.25) is 4.79 Å². The first-order chi connectivity index (χ1) is 13.5. The second-order valence-corrected chi connectivity index (χ2v) is 5.71. The molecule has 2 N–H and O–H groups in total. The topological polar surface area (TPSA) is 99.2 Å². The number of carbonyl (C=O) groups is 1. The summed E-state index contributed by atoms with van der Waals surface area (Å²) in [5.41, 5.74) is 6.85. The van der Waals surface area contributed by atoms with E-state index < -0.39 is 18.9 Å². The maximum Gasteiger partial charge on any atom is 0.267 e. The minimum Gasteiger partial charge on any atom is -0.475 e. The van der Waals surface area contributed by atoms with Crippen LogP contribution in [0.5, 0.6) is 5.88 Å². The molecule has 0 spiro atoms. The number of alkyl halides is 3. The van der Waals surface area contributed by atoms with Crippen molar-refractivity contribution in [3.63, 3.8) is 0 Å². The fraction of sp³-hybridized carbons (Fsp3) is 0.294. The number of nitrogen functional groups attached to an aromatic ring is 1. The summed E-state index contributed by atoms with van der Waals surface area (Å²) in [7, 11) is 0. The highest BCUT2D eigenvalue weighted by Crippen LogP contribution is 2.28. The van der Waals surface area contributed by atoms with Crippen molar-refractivity contribution in [2.75, 3.05) is 30.2 Å². The highest BCUT2D eigenvalue weighted by Gasteiger charge is 2.29. The van der Waals surface area contributed by atoms with Crippen molar-refractivity contribution in [1.82, 2.24) is 19.5 Å². The summed E-state index contributed by atoms with van der Waals surface area (Å²) in [5, 5.41) is 0.652. The van der Waals surface area contributed by atoms with E-state index in [1.165, 1.54) is 28.4 Å². The van der Waals surface area contributed by atoms with Gasteiger partial charge in [-0.25, -0.2) is 23.7 Å². The van der Waals surface area contributed by atoms with Crippen molar-refractivity contribution in [2.24, 2.45) is 0 Å². The Labute approximate surface area is 163 Å². The summed E-state index contributed by atoms with van der Waals surface area (Å²) in [5.74, 6) is -0.227. The molecule has 4 heterocycles. The number of halogens is 3. The van der Waals surface area contributed by atoms with Crippen LogP contribution in [0.15, 0.2) is 30.9 Å². The molecule has 4 rings (SSSR count). The summed E-state index contributed by atoms with van der Waals surface area (Å²) in [4.78, 5) is 26.4. The van der Waals surface area contributed by atoms with Gasteiger partial charge in [0.25, 0.3) is 12.3 Å². The van der Waals surface area contributed by atoms with Crippen LogP contribution < -0.4 is 15.4 Å². The van der Waals surface area contributed by atoms with Gasteiger partial charge < -0.3 is 19.9 Å². The van der Waals surface area contributed by atoms with Gasteiger partial charge in [-0.2, -0.15) is 0 Å². The quantitative estimate of drug-likeness (QED) is 0.666. The number of fused-ring (bicyclic) bond motifs is 2. The van der Waals surface area contributed by atoms with Gasteiger partial charge in [-0.05, 0) is 12.1 Å². The Hall–Kier alpha value is -3.01. The number of carbonyl (C=O) groups excluding carboxylic acids is 1. The second kappa shape index (κ2) is 8.34. The van der Waals surface area contributed by atoms with Gasteiger partial charge in [0, 0.05) is 18.0 Å². The second-order valence-electron chi connectivity index (χ2n) is 5.71. The number of ether oxygens (including phenoxy) is 1. The van der Waals surface area contributed by atoms with Gasteiger partial charge >= 0.3 is 0 Å². The van der Waals surface area contributed by atoms with Crippen LogP contribution in [0, 0.1) is 0 Å². The van der Waals surface area contributed by atoms with E-state index in [2.05, 4.69) is 26.6 Å². The average molecular weight is 411 g/mol. The zero-order valence-electron chi connectivity index (χ0n) is 14.8. The van der Waals surface area contributed by atoms with E-state index >= 15 is 0 Å². The van der Waals surface area contributed by atoms with Crippen molar-refractivity contribution in [3.05, 3.63) is 36.4 Å². The summed E-state index contributed by atoms with van der Waals surface area (Å²) < 4.78 is 32.1. The molecule has 0 radical (unpaired) electrons. The van der Waals surface area contributed by atoms with Crippen LogP contribution in [0.25, 0.3) is 11.0 Å². The normalized spacial score (nSPS) is 13.6. The lowest BCUT2D eigenvalue weighted by Crippen LogP contribution is -2.32. The maximum absolute atomic E-state index is 12.9. The molecule has 148 valence electrons. The summed E-state index contributed by atoms with van der Waals surface area (Å²) >= 11 is 4.64. The third-order valence-electron chi connectivity index (χ3n) is 4.09. The lowest BCUT2D eigenvalue weighted by molar-refractivity contribution is 0.0990. The fourth-order valence-electron chi connectivity index (χ4n) is 2.92. The molecule has 0 bridgehead atoms. The molecule has 0 aromatic carbocycles.